The third kappa shape index (κ3) is 3.63. The first kappa shape index (κ1) is 20.7. The highest BCUT2D eigenvalue weighted by Gasteiger charge is 2.59. The van der Waals surface area contributed by atoms with E-state index in [1.807, 2.05) is 0 Å². The van der Waals surface area contributed by atoms with E-state index >= 15 is 0 Å². The summed E-state index contributed by atoms with van der Waals surface area (Å²) in [6.07, 6.45) is -2.26. The van der Waals surface area contributed by atoms with Gasteiger partial charge in [0.05, 0.1) is 18.1 Å². The number of rotatable bonds is 3. The Morgan fingerprint density at radius 3 is 2.29 bits per heavy atom. The smallest absolute Gasteiger partial charge is 0.408 e. The predicted molar refractivity (Wildman–Crippen MR) is 96.0 cm³/mol. The molecular weight excluding hydrogens is 372 g/mol. The number of amides is 1. The topological polar surface area (TPSA) is 76.1 Å². The van der Waals surface area contributed by atoms with Crippen LogP contribution in [0.15, 0.2) is 18.2 Å². The van der Waals surface area contributed by atoms with Crippen LogP contribution >= 0.6 is 0 Å². The van der Waals surface area contributed by atoms with Gasteiger partial charge in [-0.1, -0.05) is 0 Å². The summed E-state index contributed by atoms with van der Waals surface area (Å²) < 4.78 is 38.7. The molecular formula is C20H25F2NO5. The van der Waals surface area contributed by atoms with Crippen molar-refractivity contribution in [1.29, 1.82) is 0 Å². The zero-order chi connectivity index (χ0) is 21.0. The highest BCUT2D eigenvalue weighted by Crippen LogP contribution is 2.46. The molecule has 0 spiro atoms. The Bertz CT molecular complexity index is 804. The van der Waals surface area contributed by atoms with Gasteiger partial charge in [-0.15, -0.1) is 0 Å². The summed E-state index contributed by atoms with van der Waals surface area (Å²) in [5.74, 6) is -4.28. The second-order valence-corrected chi connectivity index (χ2v) is 8.79. The lowest BCUT2D eigenvalue weighted by Crippen LogP contribution is -2.54. The molecule has 1 aliphatic carbocycles. The highest BCUT2D eigenvalue weighted by molar-refractivity contribution is 5.98. The fourth-order valence-corrected chi connectivity index (χ4v) is 4.25. The van der Waals surface area contributed by atoms with Crippen LogP contribution in [0.5, 0.6) is 0 Å². The number of carbonyl (C=O) groups excluding carboxylic acids is 1. The van der Waals surface area contributed by atoms with E-state index in [-0.39, 0.29) is 12.0 Å². The average molecular weight is 397 g/mol. The Morgan fingerprint density at radius 1 is 1.14 bits per heavy atom. The third-order valence-electron chi connectivity index (χ3n) is 5.24. The molecule has 4 atom stereocenters. The van der Waals surface area contributed by atoms with E-state index in [0.29, 0.717) is 0 Å². The van der Waals surface area contributed by atoms with Crippen LogP contribution in [0.3, 0.4) is 0 Å². The van der Waals surface area contributed by atoms with E-state index in [4.69, 9.17) is 9.47 Å². The lowest BCUT2D eigenvalue weighted by molar-refractivity contribution is -0.162. The Hall–Kier alpha value is -2.06. The molecule has 1 aromatic carbocycles. The number of halogens is 2. The van der Waals surface area contributed by atoms with Crippen molar-refractivity contribution in [3.05, 3.63) is 35.4 Å². The molecule has 8 heteroatoms. The number of hydrogen-bond donors (Lipinski definition) is 1. The van der Waals surface area contributed by atoms with Gasteiger partial charge < -0.3 is 14.6 Å². The zero-order valence-corrected chi connectivity index (χ0v) is 16.5. The summed E-state index contributed by atoms with van der Waals surface area (Å²) in [6, 6.07) is 2.38. The van der Waals surface area contributed by atoms with Crippen molar-refractivity contribution < 1.29 is 33.0 Å². The molecule has 1 aromatic rings. The van der Waals surface area contributed by atoms with Gasteiger partial charge in [-0.2, -0.15) is 0 Å². The van der Waals surface area contributed by atoms with Gasteiger partial charge in [0.15, 0.2) is 23.2 Å². The van der Waals surface area contributed by atoms with Gasteiger partial charge in [-0.3, -0.25) is 9.69 Å². The number of nitrogens with zero attached hydrogens (tertiary/aromatic N) is 1. The summed E-state index contributed by atoms with van der Waals surface area (Å²) in [6.45, 7) is 8.69. The zero-order valence-electron chi connectivity index (χ0n) is 16.5. The van der Waals surface area contributed by atoms with Gasteiger partial charge in [0, 0.05) is 11.1 Å². The molecule has 0 unspecified atom stereocenters. The molecule has 1 saturated carbocycles. The molecule has 1 amide bonds. The first-order valence-corrected chi connectivity index (χ1v) is 9.19. The maximum absolute atomic E-state index is 13.6. The van der Waals surface area contributed by atoms with Crippen LogP contribution in [-0.4, -0.2) is 51.5 Å². The van der Waals surface area contributed by atoms with Crippen molar-refractivity contribution in [3.63, 3.8) is 0 Å². The highest BCUT2D eigenvalue weighted by atomic mass is 19.2. The van der Waals surface area contributed by atoms with Crippen LogP contribution in [0.4, 0.5) is 13.6 Å². The fraction of sp³-hybridized carbons (Fsp3) is 0.600. The molecule has 1 aliphatic heterocycles. The number of hydrogen-bond acceptors (Lipinski definition) is 4. The second-order valence-electron chi connectivity index (χ2n) is 8.79. The van der Waals surface area contributed by atoms with E-state index < -0.39 is 59.0 Å². The Morgan fingerprint density at radius 2 is 1.75 bits per heavy atom. The van der Waals surface area contributed by atoms with Crippen LogP contribution in [0.1, 0.15) is 51.4 Å². The summed E-state index contributed by atoms with van der Waals surface area (Å²) >= 11 is 0. The number of fused-ring (bicyclic) bond motifs is 1. The second kappa shape index (κ2) is 6.77. The third-order valence-corrected chi connectivity index (χ3v) is 5.24. The molecule has 6 nitrogen and oxygen atoms in total. The maximum atomic E-state index is 13.6. The minimum Gasteiger partial charge on any atom is -0.465 e. The number of carbonyl (C=O) groups is 2. The van der Waals surface area contributed by atoms with Gasteiger partial charge >= 0.3 is 6.09 Å². The lowest BCUT2D eigenvalue weighted by Gasteiger charge is -2.40. The molecule has 2 fully saturated rings. The van der Waals surface area contributed by atoms with Crippen molar-refractivity contribution in [1.82, 2.24) is 4.90 Å². The number of Topliss-reactive ketones (excluding diaryl/α,β-unsaturated/α-hetero) is 1. The molecule has 28 heavy (non-hydrogen) atoms. The van der Waals surface area contributed by atoms with Crippen LogP contribution in [-0.2, 0) is 9.47 Å². The molecule has 1 saturated heterocycles. The van der Waals surface area contributed by atoms with E-state index in [1.54, 1.807) is 34.6 Å². The largest absolute Gasteiger partial charge is 0.465 e. The van der Waals surface area contributed by atoms with E-state index in [2.05, 4.69) is 0 Å². The van der Waals surface area contributed by atoms with Gasteiger partial charge in [0.2, 0.25) is 0 Å². The van der Waals surface area contributed by atoms with Gasteiger partial charge in [0.25, 0.3) is 0 Å². The Balaban J connectivity index is 1.97. The molecule has 0 bridgehead atoms. The number of ether oxygens (including phenoxy) is 2. The SMILES string of the molecule is CC1(C)O[C@@H]2[C@H](O1)[C@@H](C(=O)c1ccc(F)c(F)c1)C[C@H]2N(C(=O)O)C(C)(C)C. The summed E-state index contributed by atoms with van der Waals surface area (Å²) in [5.41, 5.74) is -0.703. The minimum absolute atomic E-state index is 0.0224. The van der Waals surface area contributed by atoms with Crippen LogP contribution < -0.4 is 0 Å². The molecule has 1 heterocycles. The lowest BCUT2D eigenvalue weighted by atomic mass is 9.93. The van der Waals surface area contributed by atoms with E-state index in [0.717, 1.165) is 12.1 Å². The first-order chi connectivity index (χ1) is 12.8. The van der Waals surface area contributed by atoms with Gasteiger partial charge in [-0.25, -0.2) is 13.6 Å². The van der Waals surface area contributed by atoms with Crippen molar-refractivity contribution in [3.8, 4) is 0 Å². The van der Waals surface area contributed by atoms with Gasteiger partial charge in [-0.05, 0) is 59.2 Å². The monoisotopic (exact) mass is 397 g/mol. The predicted octanol–water partition coefficient (Wildman–Crippen LogP) is 3.83. The van der Waals surface area contributed by atoms with E-state index in [1.165, 1.54) is 11.0 Å². The van der Waals surface area contributed by atoms with Crippen molar-refractivity contribution in [2.75, 3.05) is 0 Å². The van der Waals surface area contributed by atoms with Crippen LogP contribution in [0, 0.1) is 17.6 Å². The maximum Gasteiger partial charge on any atom is 0.408 e. The summed E-state index contributed by atoms with van der Waals surface area (Å²) in [4.78, 5) is 26.3. The van der Waals surface area contributed by atoms with Gasteiger partial charge in [0.1, 0.15) is 6.10 Å². The molecule has 1 N–H and O–H groups in total. The molecule has 0 radical (unpaired) electrons. The normalized spacial score (nSPS) is 28.8. The molecule has 3 rings (SSSR count). The minimum atomic E-state index is -1.12. The molecule has 154 valence electrons. The fourth-order valence-electron chi connectivity index (χ4n) is 4.25. The number of ketones is 1. The molecule has 0 aromatic heterocycles. The average Bonchev–Trinajstić information content (AvgIpc) is 3.02. The Kier molecular flexibility index (Phi) is 5.00. The van der Waals surface area contributed by atoms with Crippen LogP contribution in [0.25, 0.3) is 0 Å². The number of carboxylic acid groups (broad SMARTS) is 1. The van der Waals surface area contributed by atoms with Crippen molar-refractivity contribution in [2.45, 2.75) is 70.6 Å². The first-order valence-electron chi connectivity index (χ1n) is 9.19. The van der Waals surface area contributed by atoms with Crippen molar-refractivity contribution >= 4 is 11.9 Å². The van der Waals surface area contributed by atoms with Crippen molar-refractivity contribution in [2.24, 2.45) is 5.92 Å². The summed E-state index contributed by atoms with van der Waals surface area (Å²) in [7, 11) is 0. The van der Waals surface area contributed by atoms with E-state index in [9.17, 15) is 23.5 Å². The summed E-state index contributed by atoms with van der Waals surface area (Å²) in [5, 5.41) is 9.78. The quantitative estimate of drug-likeness (QED) is 0.785. The Labute approximate surface area is 162 Å². The standard InChI is InChI=1S/C20H25F2NO5/c1-19(2,3)23(18(25)26)14-9-11(16-17(14)28-20(4,5)27-16)15(24)10-6-7-12(21)13(22)8-10/h6-8,11,14,16-17H,9H2,1-5H3,(H,25,26)/t11-,14-,16-,17+/m1/s1. The molecule has 2 aliphatic rings. The van der Waals surface area contributed by atoms with Crippen LogP contribution in [0.2, 0.25) is 0 Å². The number of benzene rings is 1.